The van der Waals surface area contributed by atoms with Gasteiger partial charge in [0, 0.05) is 12.5 Å². The highest BCUT2D eigenvalue weighted by Gasteiger charge is 2.33. The normalized spacial score (nSPS) is 13.5. The van der Waals surface area contributed by atoms with Crippen molar-refractivity contribution in [3.63, 3.8) is 0 Å². The molecule has 0 fully saturated rings. The summed E-state index contributed by atoms with van der Waals surface area (Å²) in [6.45, 7) is 9.54. The first-order valence-corrected chi connectivity index (χ1v) is 6.24. The minimum absolute atomic E-state index is 0.0509. The molecule has 0 aromatic carbocycles. The summed E-state index contributed by atoms with van der Waals surface area (Å²) in [5.74, 6) is -1.71. The maximum atomic E-state index is 11.8. The van der Waals surface area contributed by atoms with Crippen LogP contribution in [0.3, 0.4) is 0 Å². The highest BCUT2D eigenvalue weighted by atomic mass is 16.4. The highest BCUT2D eigenvalue weighted by molar-refractivity contribution is 5.82. The van der Waals surface area contributed by atoms with Crippen LogP contribution < -0.4 is 5.32 Å². The number of carboxylic acids is 1. The van der Waals surface area contributed by atoms with Crippen molar-refractivity contribution < 1.29 is 14.7 Å². The summed E-state index contributed by atoms with van der Waals surface area (Å²) in [6.07, 6.45) is 1.79. The lowest BCUT2D eigenvalue weighted by atomic mass is 9.78. The average molecular weight is 243 g/mol. The number of rotatable bonds is 6. The van der Waals surface area contributed by atoms with Gasteiger partial charge in [0.15, 0.2) is 0 Å². The SMILES string of the molecule is CCC(CC)NC(=O)C[C@@H](C(=O)O)C(C)(C)C. The Morgan fingerprint density at radius 1 is 1.18 bits per heavy atom. The number of amides is 1. The lowest BCUT2D eigenvalue weighted by molar-refractivity contribution is -0.148. The van der Waals surface area contributed by atoms with Crippen LogP contribution in [0.2, 0.25) is 0 Å². The number of hydrogen-bond acceptors (Lipinski definition) is 2. The van der Waals surface area contributed by atoms with Gasteiger partial charge >= 0.3 is 5.97 Å². The summed E-state index contributed by atoms with van der Waals surface area (Å²) in [4.78, 5) is 22.9. The molecule has 17 heavy (non-hydrogen) atoms. The lowest BCUT2D eigenvalue weighted by Gasteiger charge is -2.27. The number of carbonyl (C=O) groups excluding carboxylic acids is 1. The zero-order valence-electron chi connectivity index (χ0n) is 11.5. The van der Waals surface area contributed by atoms with Gasteiger partial charge in [-0.15, -0.1) is 0 Å². The number of carbonyl (C=O) groups is 2. The monoisotopic (exact) mass is 243 g/mol. The number of hydrogen-bond donors (Lipinski definition) is 2. The van der Waals surface area contributed by atoms with E-state index in [9.17, 15) is 9.59 Å². The van der Waals surface area contributed by atoms with Gasteiger partial charge < -0.3 is 10.4 Å². The summed E-state index contributed by atoms with van der Waals surface area (Å²) in [5.41, 5.74) is -0.406. The topological polar surface area (TPSA) is 66.4 Å². The molecule has 0 aromatic heterocycles. The van der Waals surface area contributed by atoms with Crippen LogP contribution in [-0.4, -0.2) is 23.0 Å². The summed E-state index contributed by atoms with van der Waals surface area (Å²) in [6, 6.07) is 0.150. The second-order valence-electron chi connectivity index (χ2n) is 5.54. The Balaban J connectivity index is 4.48. The molecule has 0 saturated heterocycles. The van der Waals surface area contributed by atoms with E-state index < -0.39 is 17.3 Å². The zero-order valence-corrected chi connectivity index (χ0v) is 11.5. The maximum absolute atomic E-state index is 11.8. The molecule has 100 valence electrons. The number of aliphatic carboxylic acids is 1. The van der Waals surface area contributed by atoms with Gasteiger partial charge in [-0.05, 0) is 18.3 Å². The lowest BCUT2D eigenvalue weighted by Crippen LogP contribution is -2.39. The van der Waals surface area contributed by atoms with E-state index in [1.54, 1.807) is 0 Å². The Morgan fingerprint density at radius 2 is 1.65 bits per heavy atom. The van der Waals surface area contributed by atoms with Crippen LogP contribution in [-0.2, 0) is 9.59 Å². The maximum Gasteiger partial charge on any atom is 0.307 e. The van der Waals surface area contributed by atoms with Crippen LogP contribution in [0, 0.1) is 11.3 Å². The van der Waals surface area contributed by atoms with Crippen LogP contribution in [0.1, 0.15) is 53.9 Å². The van der Waals surface area contributed by atoms with Crippen LogP contribution in [0.15, 0.2) is 0 Å². The summed E-state index contributed by atoms with van der Waals surface area (Å²) in [5, 5.41) is 12.0. The van der Waals surface area contributed by atoms with Gasteiger partial charge in [-0.1, -0.05) is 34.6 Å². The molecule has 0 aliphatic carbocycles. The minimum Gasteiger partial charge on any atom is -0.481 e. The Morgan fingerprint density at radius 3 is 1.94 bits per heavy atom. The van der Waals surface area contributed by atoms with Gasteiger partial charge in [0.25, 0.3) is 0 Å². The summed E-state index contributed by atoms with van der Waals surface area (Å²) in [7, 11) is 0. The third-order valence-electron chi connectivity index (χ3n) is 3.08. The fraction of sp³-hybridized carbons (Fsp3) is 0.846. The number of carboxylic acid groups (broad SMARTS) is 1. The first-order valence-electron chi connectivity index (χ1n) is 6.24. The fourth-order valence-corrected chi connectivity index (χ4v) is 1.73. The van der Waals surface area contributed by atoms with E-state index in [1.807, 2.05) is 34.6 Å². The Bertz CT molecular complexity index is 264. The van der Waals surface area contributed by atoms with E-state index in [0.29, 0.717) is 0 Å². The zero-order chi connectivity index (χ0) is 13.6. The second-order valence-corrected chi connectivity index (χ2v) is 5.54. The van der Waals surface area contributed by atoms with Gasteiger partial charge in [-0.25, -0.2) is 0 Å². The molecular weight excluding hydrogens is 218 g/mol. The molecule has 0 heterocycles. The summed E-state index contributed by atoms with van der Waals surface area (Å²) < 4.78 is 0. The molecule has 1 atom stereocenters. The Labute approximate surface area is 104 Å². The molecule has 2 N–H and O–H groups in total. The average Bonchev–Trinajstić information content (AvgIpc) is 2.20. The first kappa shape index (κ1) is 15.9. The molecule has 0 radical (unpaired) electrons. The van der Waals surface area contributed by atoms with E-state index in [-0.39, 0.29) is 18.4 Å². The van der Waals surface area contributed by atoms with Crippen molar-refractivity contribution in [1.29, 1.82) is 0 Å². The van der Waals surface area contributed by atoms with Crippen LogP contribution in [0.25, 0.3) is 0 Å². The third-order valence-corrected chi connectivity index (χ3v) is 3.08. The van der Waals surface area contributed by atoms with Gasteiger partial charge in [-0.2, -0.15) is 0 Å². The largest absolute Gasteiger partial charge is 0.481 e. The van der Waals surface area contributed by atoms with Crippen molar-refractivity contribution in [2.45, 2.75) is 59.9 Å². The Hall–Kier alpha value is -1.06. The standard InChI is InChI=1S/C13H25NO3/c1-6-9(7-2)14-11(15)8-10(12(16)17)13(3,4)5/h9-10H,6-8H2,1-5H3,(H,14,15)(H,16,17)/t10-/m0/s1. The first-order chi connectivity index (χ1) is 7.72. The van der Waals surface area contributed by atoms with Crippen molar-refractivity contribution in [1.82, 2.24) is 5.32 Å². The molecule has 0 rings (SSSR count). The van der Waals surface area contributed by atoms with Crippen LogP contribution >= 0.6 is 0 Å². The molecule has 4 nitrogen and oxygen atoms in total. The van der Waals surface area contributed by atoms with Gasteiger partial charge in [0.1, 0.15) is 0 Å². The molecule has 0 bridgehead atoms. The smallest absolute Gasteiger partial charge is 0.307 e. The molecule has 0 aromatic rings. The summed E-state index contributed by atoms with van der Waals surface area (Å²) >= 11 is 0. The van der Waals surface area contributed by atoms with Crippen LogP contribution in [0.4, 0.5) is 0 Å². The quantitative estimate of drug-likeness (QED) is 0.753. The molecule has 1 amide bonds. The van der Waals surface area contributed by atoms with Gasteiger partial charge in [0.05, 0.1) is 5.92 Å². The van der Waals surface area contributed by atoms with Crippen molar-refractivity contribution in [3.8, 4) is 0 Å². The molecule has 0 aliphatic heterocycles. The van der Waals surface area contributed by atoms with Crippen LogP contribution in [0.5, 0.6) is 0 Å². The van der Waals surface area contributed by atoms with Crippen molar-refractivity contribution >= 4 is 11.9 Å². The van der Waals surface area contributed by atoms with E-state index in [1.165, 1.54) is 0 Å². The predicted molar refractivity (Wildman–Crippen MR) is 67.7 cm³/mol. The van der Waals surface area contributed by atoms with E-state index >= 15 is 0 Å². The number of nitrogens with one attached hydrogen (secondary N) is 1. The third kappa shape index (κ3) is 5.71. The molecule has 0 aliphatic rings. The van der Waals surface area contributed by atoms with Crippen molar-refractivity contribution in [2.24, 2.45) is 11.3 Å². The minimum atomic E-state index is -0.905. The van der Waals surface area contributed by atoms with Crippen molar-refractivity contribution in [3.05, 3.63) is 0 Å². The second kappa shape index (κ2) is 6.62. The predicted octanol–water partition coefficient (Wildman–Crippen LogP) is 2.43. The molecule has 4 heteroatoms. The molecular formula is C13H25NO3. The van der Waals surface area contributed by atoms with E-state index in [4.69, 9.17) is 5.11 Å². The molecule has 0 saturated carbocycles. The van der Waals surface area contributed by atoms with E-state index in [2.05, 4.69) is 5.32 Å². The van der Waals surface area contributed by atoms with Gasteiger partial charge in [0.2, 0.25) is 5.91 Å². The molecule has 0 spiro atoms. The van der Waals surface area contributed by atoms with Gasteiger partial charge in [-0.3, -0.25) is 9.59 Å². The van der Waals surface area contributed by atoms with E-state index in [0.717, 1.165) is 12.8 Å². The molecule has 0 unspecified atom stereocenters. The highest BCUT2D eigenvalue weighted by Crippen LogP contribution is 2.28. The van der Waals surface area contributed by atoms with Crippen molar-refractivity contribution in [2.75, 3.05) is 0 Å². The fourth-order valence-electron chi connectivity index (χ4n) is 1.73. The Kier molecular flexibility index (Phi) is 6.21.